The first-order valence-electron chi connectivity index (χ1n) is 6.42. The van der Waals surface area contributed by atoms with Gasteiger partial charge in [-0.05, 0) is 46.3 Å². The van der Waals surface area contributed by atoms with Gasteiger partial charge in [0.1, 0.15) is 0 Å². The Hall–Kier alpha value is -1.76. The predicted octanol–water partition coefficient (Wildman–Crippen LogP) is 4.25. The van der Waals surface area contributed by atoms with E-state index < -0.39 is 5.91 Å². The summed E-state index contributed by atoms with van der Waals surface area (Å²) in [6.07, 6.45) is 1.50. The van der Waals surface area contributed by atoms with Crippen LogP contribution in [0.3, 0.4) is 0 Å². The average molecular weight is 416 g/mol. The number of carbonyl (C=O) groups excluding carboxylic acids is 1. The van der Waals surface area contributed by atoms with E-state index in [4.69, 9.17) is 32.7 Å². The highest BCUT2D eigenvalue weighted by atomic mass is 79.9. The van der Waals surface area contributed by atoms with E-state index in [1.807, 2.05) is 0 Å². The summed E-state index contributed by atoms with van der Waals surface area (Å²) in [4.78, 5) is 12.0. The van der Waals surface area contributed by atoms with Gasteiger partial charge in [-0.1, -0.05) is 23.2 Å². The highest BCUT2D eigenvalue weighted by Crippen LogP contribution is 2.36. The maximum atomic E-state index is 12.0. The number of hydrazone groups is 1. The van der Waals surface area contributed by atoms with Gasteiger partial charge in [0.2, 0.25) is 6.79 Å². The zero-order valence-corrected chi connectivity index (χ0v) is 14.6. The molecule has 1 N–H and O–H groups in total. The Balaban J connectivity index is 1.71. The number of halogens is 3. The molecule has 0 spiro atoms. The van der Waals surface area contributed by atoms with Gasteiger partial charge in [-0.2, -0.15) is 5.10 Å². The van der Waals surface area contributed by atoms with E-state index >= 15 is 0 Å². The Labute approximate surface area is 150 Å². The Kier molecular flexibility index (Phi) is 4.75. The summed E-state index contributed by atoms with van der Waals surface area (Å²) in [7, 11) is 0. The quantitative estimate of drug-likeness (QED) is 0.602. The van der Waals surface area contributed by atoms with Crippen LogP contribution in [0.5, 0.6) is 11.5 Å². The van der Waals surface area contributed by atoms with Crippen molar-refractivity contribution in [2.24, 2.45) is 5.10 Å². The van der Waals surface area contributed by atoms with Crippen molar-refractivity contribution in [3.63, 3.8) is 0 Å². The van der Waals surface area contributed by atoms with E-state index in [1.54, 1.807) is 24.3 Å². The van der Waals surface area contributed by atoms with Crippen LogP contribution in [-0.4, -0.2) is 18.9 Å². The topological polar surface area (TPSA) is 59.9 Å². The molecule has 23 heavy (non-hydrogen) atoms. The van der Waals surface area contributed by atoms with Crippen LogP contribution < -0.4 is 14.9 Å². The van der Waals surface area contributed by atoms with Crippen LogP contribution in [0.2, 0.25) is 10.0 Å². The summed E-state index contributed by atoms with van der Waals surface area (Å²) in [5, 5.41) is 4.62. The molecule has 2 aromatic carbocycles. The Morgan fingerprint density at radius 3 is 2.65 bits per heavy atom. The number of ether oxygens (including phenoxy) is 2. The van der Waals surface area contributed by atoms with Gasteiger partial charge in [-0.25, -0.2) is 5.43 Å². The van der Waals surface area contributed by atoms with Crippen molar-refractivity contribution < 1.29 is 14.3 Å². The highest BCUT2D eigenvalue weighted by molar-refractivity contribution is 9.10. The fraction of sp³-hybridized carbons (Fsp3) is 0.0667. The summed E-state index contributed by atoms with van der Waals surface area (Å²) in [6.45, 7) is 0.191. The average Bonchev–Trinajstić information content (AvgIpc) is 2.97. The summed E-state index contributed by atoms with van der Waals surface area (Å²) in [5.41, 5.74) is 3.53. The van der Waals surface area contributed by atoms with Crippen molar-refractivity contribution in [2.75, 3.05) is 6.79 Å². The number of amides is 1. The summed E-state index contributed by atoms with van der Waals surface area (Å²) >= 11 is 15.1. The largest absolute Gasteiger partial charge is 0.454 e. The minimum Gasteiger partial charge on any atom is -0.454 e. The van der Waals surface area contributed by atoms with Crippen LogP contribution in [-0.2, 0) is 0 Å². The lowest BCUT2D eigenvalue weighted by molar-refractivity contribution is 0.0955. The molecule has 0 unspecified atom stereocenters. The fourth-order valence-electron chi connectivity index (χ4n) is 1.89. The number of benzene rings is 2. The van der Waals surface area contributed by atoms with Crippen LogP contribution in [0.15, 0.2) is 39.9 Å². The second-order valence-electron chi connectivity index (χ2n) is 4.55. The molecule has 0 fully saturated rings. The Morgan fingerprint density at radius 1 is 1.17 bits per heavy atom. The molecule has 3 rings (SSSR count). The maximum absolute atomic E-state index is 12.0. The lowest BCUT2D eigenvalue weighted by atomic mass is 10.2. The molecule has 1 heterocycles. The van der Waals surface area contributed by atoms with Crippen molar-refractivity contribution in [3.8, 4) is 11.5 Å². The summed E-state index contributed by atoms with van der Waals surface area (Å²) < 4.78 is 11.3. The number of hydrogen-bond acceptors (Lipinski definition) is 4. The molecule has 1 aliphatic heterocycles. The zero-order valence-electron chi connectivity index (χ0n) is 11.5. The third-order valence-electron chi connectivity index (χ3n) is 3.04. The zero-order chi connectivity index (χ0) is 16.4. The standard InChI is InChI=1S/C15H9BrCl2N2O3/c16-10-5-14-13(22-7-23-14)4-9(10)6-19-20-15(21)8-1-2-11(17)12(18)3-8/h1-6H,7H2,(H,20,21). The summed E-state index contributed by atoms with van der Waals surface area (Å²) in [5.74, 6) is 0.899. The smallest absolute Gasteiger partial charge is 0.271 e. The van der Waals surface area contributed by atoms with E-state index in [2.05, 4.69) is 26.5 Å². The molecule has 8 heteroatoms. The first-order chi connectivity index (χ1) is 11.0. The predicted molar refractivity (Wildman–Crippen MR) is 91.8 cm³/mol. The lowest BCUT2D eigenvalue weighted by Gasteiger charge is -2.03. The number of fused-ring (bicyclic) bond motifs is 1. The molecule has 0 atom stereocenters. The van der Waals surface area contributed by atoms with Crippen LogP contribution in [0, 0.1) is 0 Å². The molecular weight excluding hydrogens is 407 g/mol. The van der Waals surface area contributed by atoms with E-state index in [1.165, 1.54) is 12.3 Å². The first kappa shape index (κ1) is 16.1. The number of nitrogens with one attached hydrogen (secondary N) is 1. The van der Waals surface area contributed by atoms with E-state index in [0.717, 1.165) is 10.0 Å². The molecule has 1 amide bonds. The Bertz CT molecular complexity index is 812. The number of rotatable bonds is 3. The fourth-order valence-corrected chi connectivity index (χ4v) is 2.62. The molecule has 0 aromatic heterocycles. The van der Waals surface area contributed by atoms with Crippen LogP contribution in [0.4, 0.5) is 0 Å². The molecule has 0 saturated heterocycles. The molecule has 0 aliphatic carbocycles. The molecular formula is C15H9BrCl2N2O3. The van der Waals surface area contributed by atoms with Crippen LogP contribution in [0.1, 0.15) is 15.9 Å². The summed E-state index contributed by atoms with van der Waals surface area (Å²) in [6, 6.07) is 8.14. The van der Waals surface area contributed by atoms with Crippen molar-refractivity contribution in [1.82, 2.24) is 5.43 Å². The first-order valence-corrected chi connectivity index (χ1v) is 7.97. The highest BCUT2D eigenvalue weighted by Gasteiger charge is 2.15. The minimum absolute atomic E-state index is 0.191. The van der Waals surface area contributed by atoms with Gasteiger partial charge in [0.25, 0.3) is 5.91 Å². The van der Waals surface area contributed by atoms with E-state index in [0.29, 0.717) is 27.1 Å². The second-order valence-corrected chi connectivity index (χ2v) is 6.22. The van der Waals surface area contributed by atoms with Crippen molar-refractivity contribution >= 4 is 51.3 Å². The molecule has 0 radical (unpaired) electrons. The number of hydrogen-bond donors (Lipinski definition) is 1. The maximum Gasteiger partial charge on any atom is 0.271 e. The molecule has 118 valence electrons. The van der Waals surface area contributed by atoms with Gasteiger partial charge in [-0.3, -0.25) is 4.79 Å². The third kappa shape index (κ3) is 3.60. The normalized spacial score (nSPS) is 12.7. The van der Waals surface area contributed by atoms with E-state index in [9.17, 15) is 4.79 Å². The van der Waals surface area contributed by atoms with Gasteiger partial charge < -0.3 is 9.47 Å². The number of carbonyl (C=O) groups is 1. The molecule has 5 nitrogen and oxygen atoms in total. The Morgan fingerprint density at radius 2 is 1.91 bits per heavy atom. The molecule has 0 bridgehead atoms. The van der Waals surface area contributed by atoms with Gasteiger partial charge in [0.15, 0.2) is 11.5 Å². The molecule has 2 aromatic rings. The van der Waals surface area contributed by atoms with E-state index in [-0.39, 0.29) is 6.79 Å². The second kappa shape index (κ2) is 6.78. The third-order valence-corrected chi connectivity index (χ3v) is 4.47. The van der Waals surface area contributed by atoms with Gasteiger partial charge in [0.05, 0.1) is 16.3 Å². The van der Waals surface area contributed by atoms with Gasteiger partial charge in [0, 0.05) is 15.6 Å². The monoisotopic (exact) mass is 414 g/mol. The minimum atomic E-state index is -0.392. The van der Waals surface area contributed by atoms with Crippen molar-refractivity contribution in [3.05, 3.63) is 56.0 Å². The molecule has 0 saturated carbocycles. The van der Waals surface area contributed by atoms with Crippen molar-refractivity contribution in [2.45, 2.75) is 0 Å². The lowest BCUT2D eigenvalue weighted by Crippen LogP contribution is -2.17. The van der Waals surface area contributed by atoms with Gasteiger partial charge >= 0.3 is 0 Å². The van der Waals surface area contributed by atoms with Crippen LogP contribution >= 0.6 is 39.1 Å². The number of nitrogens with zero attached hydrogens (tertiary/aromatic N) is 1. The SMILES string of the molecule is O=C(NN=Cc1cc2c(cc1Br)OCO2)c1ccc(Cl)c(Cl)c1. The van der Waals surface area contributed by atoms with Crippen LogP contribution in [0.25, 0.3) is 0 Å². The molecule has 1 aliphatic rings. The van der Waals surface area contributed by atoms with Crippen molar-refractivity contribution in [1.29, 1.82) is 0 Å². The van der Waals surface area contributed by atoms with Gasteiger partial charge in [-0.15, -0.1) is 0 Å².